The summed E-state index contributed by atoms with van der Waals surface area (Å²) in [6.07, 6.45) is 2.70. The van der Waals surface area contributed by atoms with Crippen molar-refractivity contribution >= 4 is 29.3 Å². The normalized spacial score (nSPS) is 18.5. The zero-order chi connectivity index (χ0) is 16.9. The Labute approximate surface area is 150 Å². The summed E-state index contributed by atoms with van der Waals surface area (Å²) in [5.41, 5.74) is 0.933. The summed E-state index contributed by atoms with van der Waals surface area (Å²) in [6.45, 7) is 3.73. The van der Waals surface area contributed by atoms with Crippen molar-refractivity contribution in [1.29, 1.82) is 0 Å². The molecule has 5 nitrogen and oxygen atoms in total. The largest absolute Gasteiger partial charge is 0.440 e. The maximum absolute atomic E-state index is 12.2. The highest BCUT2D eigenvalue weighted by atomic mass is 35.5. The summed E-state index contributed by atoms with van der Waals surface area (Å²) in [7, 11) is 0. The Kier molecular flexibility index (Phi) is 5.81. The molecule has 7 heteroatoms. The fraction of sp³-hybridized carbons (Fsp3) is 0.412. The number of carbonyl (C=O) groups is 1. The number of oxazole rings is 1. The molecule has 2 heterocycles. The van der Waals surface area contributed by atoms with Crippen LogP contribution < -0.4 is 10.6 Å². The number of aromatic nitrogens is 1. The molecule has 1 aliphatic heterocycles. The van der Waals surface area contributed by atoms with E-state index in [1.807, 2.05) is 31.2 Å². The van der Waals surface area contributed by atoms with Crippen molar-refractivity contribution in [3.63, 3.8) is 0 Å². The third-order valence-corrected chi connectivity index (χ3v) is 5.29. The predicted molar refractivity (Wildman–Crippen MR) is 97.1 cm³/mol. The van der Waals surface area contributed by atoms with Gasteiger partial charge in [0.2, 0.25) is 11.8 Å². The van der Waals surface area contributed by atoms with Gasteiger partial charge < -0.3 is 15.1 Å². The number of hydrogen-bond donors (Lipinski definition) is 2. The van der Waals surface area contributed by atoms with Gasteiger partial charge in [0.15, 0.2) is 5.76 Å². The van der Waals surface area contributed by atoms with Crippen LogP contribution in [0.3, 0.4) is 0 Å². The average Bonchev–Trinajstić information content (AvgIpc) is 3.25. The van der Waals surface area contributed by atoms with E-state index in [2.05, 4.69) is 15.6 Å². The van der Waals surface area contributed by atoms with Gasteiger partial charge in [0.1, 0.15) is 0 Å². The lowest BCUT2D eigenvalue weighted by molar-refractivity contribution is -0.120. The van der Waals surface area contributed by atoms with Crippen LogP contribution in [-0.4, -0.2) is 35.3 Å². The molecule has 1 aromatic carbocycles. The average molecular weight is 366 g/mol. The van der Waals surface area contributed by atoms with E-state index in [4.69, 9.17) is 16.0 Å². The second-order valence-corrected chi connectivity index (χ2v) is 7.54. The molecule has 128 valence electrons. The Morgan fingerprint density at radius 3 is 3.00 bits per heavy atom. The van der Waals surface area contributed by atoms with Crippen LogP contribution in [0.2, 0.25) is 5.02 Å². The van der Waals surface area contributed by atoms with E-state index in [1.165, 1.54) is 11.8 Å². The van der Waals surface area contributed by atoms with Crippen molar-refractivity contribution in [3.8, 4) is 11.3 Å². The number of halogens is 1. The number of thioether (sulfide) groups is 1. The molecule has 2 unspecified atom stereocenters. The van der Waals surface area contributed by atoms with Gasteiger partial charge in [0.05, 0.1) is 17.2 Å². The molecule has 1 fully saturated rings. The minimum absolute atomic E-state index is 0.0678. The number of nitrogens with one attached hydrogen (secondary N) is 2. The molecule has 1 saturated heterocycles. The maximum Gasteiger partial charge on any atom is 0.233 e. The number of nitrogens with zero attached hydrogens (tertiary/aromatic N) is 1. The molecule has 2 N–H and O–H groups in total. The van der Waals surface area contributed by atoms with Crippen molar-refractivity contribution in [2.24, 2.45) is 0 Å². The number of hydrogen-bond acceptors (Lipinski definition) is 5. The Morgan fingerprint density at radius 1 is 1.50 bits per heavy atom. The predicted octanol–water partition coefficient (Wildman–Crippen LogP) is 3.09. The van der Waals surface area contributed by atoms with Crippen molar-refractivity contribution in [3.05, 3.63) is 41.4 Å². The Morgan fingerprint density at radius 2 is 2.29 bits per heavy atom. The first-order chi connectivity index (χ1) is 11.6. The second kappa shape index (κ2) is 8.05. The van der Waals surface area contributed by atoms with Crippen LogP contribution in [0.4, 0.5) is 0 Å². The Hall–Kier alpha value is -1.50. The lowest BCUT2D eigenvalue weighted by atomic mass is 10.2. The second-order valence-electron chi connectivity index (χ2n) is 5.78. The van der Waals surface area contributed by atoms with Crippen LogP contribution >= 0.6 is 23.4 Å². The van der Waals surface area contributed by atoms with E-state index in [-0.39, 0.29) is 17.2 Å². The van der Waals surface area contributed by atoms with Gasteiger partial charge in [-0.25, -0.2) is 4.98 Å². The summed E-state index contributed by atoms with van der Waals surface area (Å²) in [6, 6.07) is 7.67. The van der Waals surface area contributed by atoms with E-state index in [9.17, 15) is 4.79 Å². The number of benzene rings is 1. The van der Waals surface area contributed by atoms with Crippen LogP contribution in [0.5, 0.6) is 0 Å². The summed E-state index contributed by atoms with van der Waals surface area (Å²) in [5, 5.41) is 6.85. The maximum atomic E-state index is 12.2. The molecule has 1 aliphatic rings. The van der Waals surface area contributed by atoms with Crippen LogP contribution in [0.1, 0.15) is 19.2 Å². The van der Waals surface area contributed by atoms with Crippen molar-refractivity contribution < 1.29 is 9.21 Å². The standard InChI is InChI=1S/C17H20ClN3O2S/c1-11(17(22)21-14-6-7-19-8-14)24-10-16-20-9-15(23-16)12-2-4-13(18)5-3-12/h2-5,9,11,14,19H,6-8,10H2,1H3,(H,21,22). The highest BCUT2D eigenvalue weighted by Crippen LogP contribution is 2.25. The van der Waals surface area contributed by atoms with Crippen molar-refractivity contribution in [2.45, 2.75) is 30.4 Å². The lowest BCUT2D eigenvalue weighted by Crippen LogP contribution is -2.40. The summed E-state index contributed by atoms with van der Waals surface area (Å²) in [4.78, 5) is 16.4. The molecule has 3 rings (SSSR count). The molecular weight excluding hydrogens is 346 g/mol. The van der Waals surface area contributed by atoms with E-state index in [0.29, 0.717) is 22.4 Å². The minimum atomic E-state index is -0.142. The Balaban J connectivity index is 1.51. The molecule has 24 heavy (non-hydrogen) atoms. The van der Waals surface area contributed by atoms with E-state index in [0.717, 1.165) is 25.1 Å². The van der Waals surface area contributed by atoms with Gasteiger partial charge in [-0.2, -0.15) is 0 Å². The molecule has 1 amide bonds. The van der Waals surface area contributed by atoms with Gasteiger partial charge in [0, 0.05) is 23.2 Å². The highest BCUT2D eigenvalue weighted by Gasteiger charge is 2.21. The molecule has 0 radical (unpaired) electrons. The number of carbonyl (C=O) groups excluding carboxylic acids is 1. The lowest BCUT2D eigenvalue weighted by Gasteiger charge is -2.15. The smallest absolute Gasteiger partial charge is 0.233 e. The topological polar surface area (TPSA) is 67.2 Å². The molecule has 0 aliphatic carbocycles. The first-order valence-corrected chi connectivity index (χ1v) is 9.38. The molecule has 0 saturated carbocycles. The zero-order valence-corrected chi connectivity index (χ0v) is 15.0. The summed E-state index contributed by atoms with van der Waals surface area (Å²) >= 11 is 7.41. The van der Waals surface area contributed by atoms with Gasteiger partial charge in [-0.15, -0.1) is 11.8 Å². The van der Waals surface area contributed by atoms with E-state index < -0.39 is 0 Å². The molecular formula is C17H20ClN3O2S. The molecule has 0 bridgehead atoms. The van der Waals surface area contributed by atoms with Gasteiger partial charge in [-0.05, 0) is 44.2 Å². The zero-order valence-electron chi connectivity index (χ0n) is 13.4. The molecule has 2 aromatic rings. The minimum Gasteiger partial charge on any atom is -0.440 e. The third-order valence-electron chi connectivity index (χ3n) is 3.92. The fourth-order valence-electron chi connectivity index (χ4n) is 2.49. The first kappa shape index (κ1) is 17.3. The van der Waals surface area contributed by atoms with Crippen LogP contribution in [0, 0.1) is 0 Å². The van der Waals surface area contributed by atoms with E-state index in [1.54, 1.807) is 6.20 Å². The number of rotatable bonds is 6. The van der Waals surface area contributed by atoms with Crippen LogP contribution in [0.15, 0.2) is 34.9 Å². The first-order valence-electron chi connectivity index (χ1n) is 7.95. The van der Waals surface area contributed by atoms with Gasteiger partial charge in [-0.1, -0.05) is 11.6 Å². The SMILES string of the molecule is CC(SCc1ncc(-c2ccc(Cl)cc2)o1)C(=O)NC1CCNC1. The fourth-order valence-corrected chi connectivity index (χ4v) is 3.36. The van der Waals surface area contributed by atoms with Gasteiger partial charge in [-0.3, -0.25) is 4.79 Å². The van der Waals surface area contributed by atoms with Crippen LogP contribution in [-0.2, 0) is 10.5 Å². The highest BCUT2D eigenvalue weighted by molar-refractivity contribution is 7.99. The van der Waals surface area contributed by atoms with Crippen molar-refractivity contribution in [2.75, 3.05) is 13.1 Å². The third kappa shape index (κ3) is 4.53. The van der Waals surface area contributed by atoms with Gasteiger partial charge >= 0.3 is 0 Å². The molecule has 2 atom stereocenters. The van der Waals surface area contributed by atoms with Gasteiger partial charge in [0.25, 0.3) is 0 Å². The summed E-state index contributed by atoms with van der Waals surface area (Å²) < 4.78 is 5.76. The van der Waals surface area contributed by atoms with Crippen molar-refractivity contribution in [1.82, 2.24) is 15.6 Å². The van der Waals surface area contributed by atoms with E-state index >= 15 is 0 Å². The Bertz CT molecular complexity index is 683. The quantitative estimate of drug-likeness (QED) is 0.823. The number of amides is 1. The van der Waals surface area contributed by atoms with Crippen LogP contribution in [0.25, 0.3) is 11.3 Å². The molecule has 0 spiro atoms. The summed E-state index contributed by atoms with van der Waals surface area (Å²) in [5.74, 6) is 1.95. The monoisotopic (exact) mass is 365 g/mol. The molecule has 1 aromatic heterocycles.